The molecule has 3 N–H and O–H groups in total. The van der Waals surface area contributed by atoms with Crippen LogP contribution < -0.4 is 5.73 Å². The molecule has 0 bridgehead atoms. The summed E-state index contributed by atoms with van der Waals surface area (Å²) in [6.07, 6.45) is 5.35. The van der Waals surface area contributed by atoms with Gasteiger partial charge in [0.1, 0.15) is 0 Å². The molecule has 0 radical (unpaired) electrons. The van der Waals surface area contributed by atoms with Gasteiger partial charge < -0.3 is 10.8 Å². The Morgan fingerprint density at radius 3 is 2.62 bits per heavy atom. The highest BCUT2D eigenvalue weighted by molar-refractivity contribution is 9.10. The average Bonchev–Trinajstić information content (AvgIpc) is 2.75. The molecule has 1 heterocycles. The first-order valence-corrected chi connectivity index (χ1v) is 7.48. The number of thiophene rings is 1. The van der Waals surface area contributed by atoms with Crippen molar-refractivity contribution in [3.05, 3.63) is 20.8 Å². The van der Waals surface area contributed by atoms with Crippen LogP contribution in [0.5, 0.6) is 0 Å². The highest BCUT2D eigenvalue weighted by Gasteiger charge is 2.39. The number of rotatable bonds is 3. The third-order valence-corrected chi connectivity index (χ3v) is 5.65. The summed E-state index contributed by atoms with van der Waals surface area (Å²) in [5.74, 6) is 0. The van der Waals surface area contributed by atoms with Gasteiger partial charge in [0.2, 0.25) is 0 Å². The van der Waals surface area contributed by atoms with Gasteiger partial charge in [-0.2, -0.15) is 0 Å². The molecule has 0 saturated heterocycles. The molecule has 0 spiro atoms. The van der Waals surface area contributed by atoms with Gasteiger partial charge in [-0.1, -0.05) is 19.3 Å². The Hall–Kier alpha value is 0.100. The Morgan fingerprint density at radius 1 is 1.44 bits per heavy atom. The summed E-state index contributed by atoms with van der Waals surface area (Å²) < 4.78 is 1.02. The molecular formula is C12H18BrNOS. The van der Waals surface area contributed by atoms with Crippen molar-refractivity contribution in [2.24, 2.45) is 11.1 Å². The van der Waals surface area contributed by atoms with Crippen LogP contribution >= 0.6 is 27.3 Å². The van der Waals surface area contributed by atoms with Gasteiger partial charge in [0.05, 0.1) is 6.10 Å². The van der Waals surface area contributed by atoms with E-state index in [0.717, 1.165) is 22.2 Å². The minimum Gasteiger partial charge on any atom is -0.387 e. The average molecular weight is 304 g/mol. The Balaban J connectivity index is 2.24. The van der Waals surface area contributed by atoms with E-state index in [1.54, 1.807) is 11.3 Å². The second-order valence-corrected chi connectivity index (χ2v) is 6.46. The van der Waals surface area contributed by atoms with Crippen LogP contribution in [-0.2, 0) is 0 Å². The molecule has 1 fully saturated rings. The molecule has 1 unspecified atom stereocenters. The summed E-state index contributed by atoms with van der Waals surface area (Å²) in [5, 5.41) is 12.6. The van der Waals surface area contributed by atoms with Crippen molar-refractivity contribution in [1.29, 1.82) is 0 Å². The van der Waals surface area contributed by atoms with Gasteiger partial charge in [0.25, 0.3) is 0 Å². The van der Waals surface area contributed by atoms with Crippen molar-refractivity contribution >= 4 is 27.3 Å². The van der Waals surface area contributed by atoms with Crippen LogP contribution in [0.3, 0.4) is 0 Å². The molecule has 0 aliphatic heterocycles. The van der Waals surface area contributed by atoms with Gasteiger partial charge in [0.15, 0.2) is 0 Å². The molecule has 4 heteroatoms. The Kier molecular flexibility index (Phi) is 4.06. The molecule has 0 aromatic carbocycles. The molecule has 1 saturated carbocycles. The zero-order chi connectivity index (χ0) is 11.6. The van der Waals surface area contributed by atoms with E-state index in [2.05, 4.69) is 15.9 Å². The largest absolute Gasteiger partial charge is 0.387 e. The molecule has 1 aliphatic carbocycles. The molecule has 1 aromatic heterocycles. The van der Waals surface area contributed by atoms with Crippen LogP contribution in [0.15, 0.2) is 15.9 Å². The van der Waals surface area contributed by atoms with E-state index >= 15 is 0 Å². The van der Waals surface area contributed by atoms with Crippen molar-refractivity contribution in [2.75, 3.05) is 6.54 Å². The zero-order valence-electron chi connectivity index (χ0n) is 9.29. The molecule has 2 rings (SSSR count). The highest BCUT2D eigenvalue weighted by atomic mass is 79.9. The Bertz CT molecular complexity index is 347. The van der Waals surface area contributed by atoms with Crippen LogP contribution in [0.25, 0.3) is 0 Å². The van der Waals surface area contributed by atoms with Crippen LogP contribution in [0.4, 0.5) is 0 Å². The van der Waals surface area contributed by atoms with E-state index in [-0.39, 0.29) is 5.41 Å². The number of hydrogen-bond donors (Lipinski definition) is 2. The second kappa shape index (κ2) is 5.17. The first-order chi connectivity index (χ1) is 7.69. The van der Waals surface area contributed by atoms with Gasteiger partial charge in [-0.05, 0) is 40.2 Å². The molecule has 2 nitrogen and oxygen atoms in total. The molecule has 1 atom stereocenters. The first-order valence-electron chi connectivity index (χ1n) is 5.81. The number of halogens is 1. The lowest BCUT2D eigenvalue weighted by molar-refractivity contribution is 0.00271. The third-order valence-electron chi connectivity index (χ3n) is 3.73. The normalized spacial score (nSPS) is 21.9. The maximum atomic E-state index is 10.6. The lowest BCUT2D eigenvalue weighted by Crippen LogP contribution is -2.38. The Morgan fingerprint density at radius 2 is 2.12 bits per heavy atom. The van der Waals surface area contributed by atoms with E-state index in [0.29, 0.717) is 6.54 Å². The van der Waals surface area contributed by atoms with Crippen LogP contribution in [0.1, 0.15) is 43.1 Å². The summed E-state index contributed by atoms with van der Waals surface area (Å²) >= 11 is 5.11. The topological polar surface area (TPSA) is 46.2 Å². The standard InChI is InChI=1S/C12H18BrNOS/c13-9-4-7-16-10(9)11(15)12(8-14)5-2-1-3-6-12/h4,7,11,15H,1-3,5-6,8,14H2. The zero-order valence-corrected chi connectivity index (χ0v) is 11.7. The second-order valence-electron chi connectivity index (χ2n) is 4.66. The monoisotopic (exact) mass is 303 g/mol. The van der Waals surface area contributed by atoms with E-state index in [9.17, 15) is 5.11 Å². The van der Waals surface area contributed by atoms with Crippen molar-refractivity contribution in [3.63, 3.8) is 0 Å². The highest BCUT2D eigenvalue weighted by Crippen LogP contribution is 2.48. The maximum absolute atomic E-state index is 10.6. The minimum absolute atomic E-state index is 0.0916. The fraction of sp³-hybridized carbons (Fsp3) is 0.667. The van der Waals surface area contributed by atoms with Crippen molar-refractivity contribution in [2.45, 2.75) is 38.2 Å². The Labute approximate surface area is 109 Å². The predicted molar refractivity (Wildman–Crippen MR) is 71.6 cm³/mol. The van der Waals surface area contributed by atoms with Crippen molar-refractivity contribution in [1.82, 2.24) is 0 Å². The lowest BCUT2D eigenvalue weighted by Gasteiger charge is -2.40. The van der Waals surface area contributed by atoms with Crippen LogP contribution in [-0.4, -0.2) is 11.7 Å². The lowest BCUT2D eigenvalue weighted by atomic mass is 9.70. The maximum Gasteiger partial charge on any atom is 0.0961 e. The quantitative estimate of drug-likeness (QED) is 0.898. The summed E-state index contributed by atoms with van der Waals surface area (Å²) in [5.41, 5.74) is 5.83. The predicted octanol–water partition coefficient (Wildman–Crippen LogP) is 3.45. The van der Waals surface area contributed by atoms with E-state index < -0.39 is 6.10 Å². The van der Waals surface area contributed by atoms with Crippen LogP contribution in [0.2, 0.25) is 0 Å². The minimum atomic E-state index is -0.410. The van der Waals surface area contributed by atoms with Gasteiger partial charge in [-0.3, -0.25) is 0 Å². The number of nitrogens with two attached hydrogens (primary N) is 1. The third kappa shape index (κ3) is 2.21. The van der Waals surface area contributed by atoms with E-state index in [4.69, 9.17) is 5.73 Å². The summed E-state index contributed by atoms with van der Waals surface area (Å²) in [7, 11) is 0. The number of aliphatic hydroxyl groups excluding tert-OH is 1. The summed E-state index contributed by atoms with van der Waals surface area (Å²) in [6.45, 7) is 0.582. The summed E-state index contributed by atoms with van der Waals surface area (Å²) in [4.78, 5) is 1.03. The fourth-order valence-corrected chi connectivity index (χ4v) is 4.34. The molecular weight excluding hydrogens is 286 g/mol. The molecule has 16 heavy (non-hydrogen) atoms. The molecule has 90 valence electrons. The van der Waals surface area contributed by atoms with Crippen molar-refractivity contribution < 1.29 is 5.11 Å². The van der Waals surface area contributed by atoms with Gasteiger partial charge in [0, 0.05) is 21.3 Å². The van der Waals surface area contributed by atoms with Crippen molar-refractivity contribution in [3.8, 4) is 0 Å². The van der Waals surface area contributed by atoms with E-state index in [1.807, 2.05) is 11.4 Å². The first kappa shape index (κ1) is 12.6. The number of hydrogen-bond acceptors (Lipinski definition) is 3. The molecule has 0 amide bonds. The fourth-order valence-electron chi connectivity index (χ4n) is 2.62. The summed E-state index contributed by atoms with van der Waals surface area (Å²) in [6, 6.07) is 2.00. The molecule has 1 aliphatic rings. The van der Waals surface area contributed by atoms with Gasteiger partial charge in [-0.15, -0.1) is 11.3 Å². The van der Waals surface area contributed by atoms with E-state index in [1.165, 1.54) is 19.3 Å². The SMILES string of the molecule is NCC1(C(O)c2sccc2Br)CCCCC1. The van der Waals surface area contributed by atoms with Crippen LogP contribution in [0, 0.1) is 5.41 Å². The van der Waals surface area contributed by atoms with Gasteiger partial charge in [-0.25, -0.2) is 0 Å². The van der Waals surface area contributed by atoms with Gasteiger partial charge >= 0.3 is 0 Å². The number of aliphatic hydroxyl groups is 1. The molecule has 1 aromatic rings. The smallest absolute Gasteiger partial charge is 0.0961 e.